The summed E-state index contributed by atoms with van der Waals surface area (Å²) in [6.45, 7) is -0.215. The number of nitrogens with zero attached hydrogens (tertiary/aromatic N) is 4. The molecule has 1 aromatic carbocycles. The Morgan fingerprint density at radius 2 is 1.97 bits per heavy atom. The molecule has 0 aliphatic carbocycles. The van der Waals surface area contributed by atoms with Gasteiger partial charge in [-0.2, -0.15) is 4.99 Å². The molecule has 0 fully saturated rings. The zero-order valence-electron chi connectivity index (χ0n) is 16.5. The fourth-order valence-corrected chi connectivity index (χ4v) is 3.49. The van der Waals surface area contributed by atoms with Crippen LogP contribution in [0, 0.1) is 0 Å². The van der Waals surface area contributed by atoms with Gasteiger partial charge in [-0.1, -0.05) is 6.07 Å². The molecule has 30 heavy (non-hydrogen) atoms. The molecular formula is C20H21N5O4S. The monoisotopic (exact) mass is 427 g/mol. The van der Waals surface area contributed by atoms with E-state index in [4.69, 9.17) is 15.2 Å². The van der Waals surface area contributed by atoms with Crippen molar-refractivity contribution in [3.63, 3.8) is 0 Å². The van der Waals surface area contributed by atoms with Gasteiger partial charge < -0.3 is 25.2 Å². The smallest absolute Gasteiger partial charge is 0.323 e. The lowest BCUT2D eigenvalue weighted by molar-refractivity contribution is -0.137. The van der Waals surface area contributed by atoms with Crippen molar-refractivity contribution in [1.82, 2.24) is 14.9 Å². The molecule has 2 heterocycles. The highest BCUT2D eigenvalue weighted by Gasteiger charge is 2.19. The summed E-state index contributed by atoms with van der Waals surface area (Å²) < 4.78 is 10.8. The summed E-state index contributed by atoms with van der Waals surface area (Å²) in [5.41, 5.74) is 8.40. The van der Waals surface area contributed by atoms with Gasteiger partial charge in [-0.15, -0.1) is 11.3 Å². The normalized spacial score (nSPS) is 11.2. The first-order chi connectivity index (χ1) is 14.5. The lowest BCUT2D eigenvalue weighted by atomic mass is 10.1. The Labute approximate surface area is 177 Å². The van der Waals surface area contributed by atoms with E-state index in [2.05, 4.69) is 15.0 Å². The summed E-state index contributed by atoms with van der Waals surface area (Å²) in [5.74, 6) is 0.103. The first kappa shape index (κ1) is 21.1. The lowest BCUT2D eigenvalue weighted by Crippen LogP contribution is -2.40. The zero-order valence-corrected chi connectivity index (χ0v) is 17.3. The van der Waals surface area contributed by atoms with Crippen molar-refractivity contribution in [3.8, 4) is 22.8 Å². The fourth-order valence-electron chi connectivity index (χ4n) is 2.79. The number of nitrogens with two attached hydrogens (primary N) is 1. The van der Waals surface area contributed by atoms with E-state index in [0.717, 1.165) is 11.3 Å². The highest BCUT2D eigenvalue weighted by atomic mass is 32.1. The van der Waals surface area contributed by atoms with Gasteiger partial charge in [-0.25, -0.2) is 4.98 Å². The van der Waals surface area contributed by atoms with Crippen molar-refractivity contribution in [2.45, 2.75) is 6.54 Å². The number of ether oxygens (including phenoxy) is 2. The number of aliphatic imine (C=N–C) groups is 1. The van der Waals surface area contributed by atoms with Gasteiger partial charge in [0, 0.05) is 23.3 Å². The van der Waals surface area contributed by atoms with Crippen LogP contribution < -0.4 is 15.2 Å². The molecule has 3 aromatic rings. The molecule has 10 heteroatoms. The van der Waals surface area contributed by atoms with Crippen LogP contribution in [0.15, 0.2) is 53.1 Å². The molecule has 3 rings (SSSR count). The van der Waals surface area contributed by atoms with Gasteiger partial charge >= 0.3 is 5.97 Å². The van der Waals surface area contributed by atoms with Crippen molar-refractivity contribution >= 4 is 28.4 Å². The SMILES string of the molecule is COc1cccc(OC)c1CN(CC(=O)O)C(N)=Nc1nc(-c2cccnc2)cs1. The average molecular weight is 427 g/mol. The third-order valence-corrected chi connectivity index (χ3v) is 4.92. The molecule has 0 unspecified atom stereocenters. The van der Waals surface area contributed by atoms with Crippen LogP contribution in [-0.2, 0) is 11.3 Å². The highest BCUT2D eigenvalue weighted by Crippen LogP contribution is 2.30. The minimum atomic E-state index is -1.04. The molecule has 0 spiro atoms. The molecule has 3 N–H and O–H groups in total. The number of guanidine groups is 1. The van der Waals surface area contributed by atoms with Crippen LogP contribution in [0.5, 0.6) is 11.5 Å². The summed E-state index contributed by atoms with van der Waals surface area (Å²) in [5, 5.41) is 11.6. The molecule has 0 saturated heterocycles. The van der Waals surface area contributed by atoms with Gasteiger partial charge in [-0.05, 0) is 24.3 Å². The minimum Gasteiger partial charge on any atom is -0.496 e. The van der Waals surface area contributed by atoms with Crippen LogP contribution in [0.4, 0.5) is 5.13 Å². The fraction of sp³-hybridized carbons (Fsp3) is 0.200. The molecular weight excluding hydrogens is 406 g/mol. The molecule has 9 nitrogen and oxygen atoms in total. The number of pyridine rings is 1. The number of benzene rings is 1. The Kier molecular flexibility index (Phi) is 6.81. The number of hydrogen-bond donors (Lipinski definition) is 2. The van der Waals surface area contributed by atoms with E-state index < -0.39 is 5.97 Å². The molecule has 0 aliphatic heterocycles. The molecule has 0 amide bonds. The van der Waals surface area contributed by atoms with Crippen molar-refractivity contribution in [2.24, 2.45) is 10.7 Å². The predicted molar refractivity (Wildman–Crippen MR) is 114 cm³/mol. The van der Waals surface area contributed by atoms with E-state index in [1.165, 1.54) is 30.5 Å². The lowest BCUT2D eigenvalue weighted by Gasteiger charge is -2.23. The van der Waals surface area contributed by atoms with Crippen LogP contribution in [0.25, 0.3) is 11.3 Å². The maximum atomic E-state index is 11.4. The second-order valence-corrected chi connectivity index (χ2v) is 6.95. The zero-order chi connectivity index (χ0) is 21.5. The Hall–Kier alpha value is -3.66. The molecule has 0 saturated carbocycles. The number of rotatable bonds is 8. The van der Waals surface area contributed by atoms with E-state index in [9.17, 15) is 9.90 Å². The van der Waals surface area contributed by atoms with Crippen molar-refractivity contribution in [1.29, 1.82) is 0 Å². The van der Waals surface area contributed by atoms with Crippen LogP contribution in [0.2, 0.25) is 0 Å². The van der Waals surface area contributed by atoms with Gasteiger partial charge in [0.15, 0.2) is 5.96 Å². The number of carboxylic acids is 1. The molecule has 0 atom stereocenters. The number of carboxylic acid groups (broad SMARTS) is 1. The highest BCUT2D eigenvalue weighted by molar-refractivity contribution is 7.13. The van der Waals surface area contributed by atoms with E-state index >= 15 is 0 Å². The standard InChI is InChI=1S/C20H21N5O4S/c1-28-16-6-3-7-17(29-2)14(16)10-25(11-18(26)27)19(21)24-20-23-15(12-30-20)13-5-4-8-22-9-13/h3-9,12H,10-11H2,1-2H3,(H,26,27)(H2,21,23,24). The van der Waals surface area contributed by atoms with E-state index in [1.54, 1.807) is 30.6 Å². The number of aromatic nitrogens is 2. The maximum absolute atomic E-state index is 11.4. The maximum Gasteiger partial charge on any atom is 0.323 e. The number of carbonyl (C=O) groups is 1. The number of thiazole rings is 1. The first-order valence-electron chi connectivity index (χ1n) is 8.88. The van der Waals surface area contributed by atoms with E-state index in [0.29, 0.717) is 22.2 Å². The second kappa shape index (κ2) is 9.70. The van der Waals surface area contributed by atoms with Gasteiger partial charge in [0.1, 0.15) is 18.0 Å². The summed E-state index contributed by atoms with van der Waals surface area (Å²) in [4.78, 5) is 25.7. The molecule has 156 valence electrons. The molecule has 2 aromatic heterocycles. The van der Waals surface area contributed by atoms with Gasteiger partial charge in [0.05, 0.1) is 32.0 Å². The van der Waals surface area contributed by atoms with Gasteiger partial charge in [-0.3, -0.25) is 9.78 Å². The van der Waals surface area contributed by atoms with Gasteiger partial charge in [0.2, 0.25) is 5.13 Å². The second-order valence-electron chi connectivity index (χ2n) is 6.12. The topological polar surface area (TPSA) is 123 Å². The van der Waals surface area contributed by atoms with Crippen molar-refractivity contribution in [3.05, 3.63) is 53.7 Å². The molecule has 0 aliphatic rings. The van der Waals surface area contributed by atoms with Crippen molar-refractivity contribution in [2.75, 3.05) is 20.8 Å². The Morgan fingerprint density at radius 1 is 1.23 bits per heavy atom. The third-order valence-electron chi connectivity index (χ3n) is 4.19. The first-order valence-corrected chi connectivity index (χ1v) is 9.76. The summed E-state index contributed by atoms with van der Waals surface area (Å²) in [7, 11) is 3.07. The van der Waals surface area contributed by atoms with Crippen LogP contribution in [0.3, 0.4) is 0 Å². The van der Waals surface area contributed by atoms with Crippen LogP contribution in [0.1, 0.15) is 5.56 Å². The predicted octanol–water partition coefficient (Wildman–Crippen LogP) is 2.76. The minimum absolute atomic E-state index is 0.0254. The summed E-state index contributed by atoms with van der Waals surface area (Å²) >= 11 is 1.30. The van der Waals surface area contributed by atoms with Crippen LogP contribution in [-0.4, -0.2) is 52.7 Å². The molecule has 0 radical (unpaired) electrons. The average Bonchev–Trinajstić information content (AvgIpc) is 3.22. The van der Waals surface area contributed by atoms with Crippen molar-refractivity contribution < 1.29 is 19.4 Å². The summed E-state index contributed by atoms with van der Waals surface area (Å²) in [6.07, 6.45) is 3.39. The quantitative estimate of drug-likeness (QED) is 0.415. The number of methoxy groups -OCH3 is 2. The van der Waals surface area contributed by atoms with Crippen LogP contribution >= 0.6 is 11.3 Å². The van der Waals surface area contributed by atoms with Gasteiger partial charge in [0.25, 0.3) is 0 Å². The number of hydrogen-bond acceptors (Lipinski definition) is 7. The largest absolute Gasteiger partial charge is 0.496 e. The Bertz CT molecular complexity index is 1020. The summed E-state index contributed by atoms with van der Waals surface area (Å²) in [6, 6.07) is 9.04. The van der Waals surface area contributed by atoms with E-state index in [1.807, 2.05) is 17.5 Å². The molecule has 0 bridgehead atoms. The number of aliphatic carboxylic acids is 1. The van der Waals surface area contributed by atoms with E-state index in [-0.39, 0.29) is 19.0 Å². The third kappa shape index (κ3) is 5.03. The Balaban J connectivity index is 1.89. The Morgan fingerprint density at radius 3 is 2.57 bits per heavy atom.